The molecular weight excluding hydrogens is 552 g/mol. The lowest BCUT2D eigenvalue weighted by Crippen LogP contribution is -2.49. The number of nitrogens with two attached hydrogens (primary N) is 1. The molecule has 0 saturated heterocycles. The number of nitriles is 1. The number of nitrogens with zero attached hydrogens (tertiary/aromatic N) is 1. The molecular formula is C36H38N4O4. The van der Waals surface area contributed by atoms with Crippen LogP contribution in [-0.4, -0.2) is 42.7 Å². The number of carbonyl (C=O) groups is 2. The van der Waals surface area contributed by atoms with Crippen LogP contribution in [0.4, 0.5) is 0 Å². The van der Waals surface area contributed by atoms with Gasteiger partial charge in [0.25, 0.3) is 0 Å². The van der Waals surface area contributed by atoms with Crippen molar-refractivity contribution in [3.05, 3.63) is 137 Å². The average molecular weight is 591 g/mol. The summed E-state index contributed by atoms with van der Waals surface area (Å²) in [5, 5.41) is 25.2. The SMILES string of the molecule is COc1ccc(C(NCCCC[C@H](NC(=O)[C@@H](N)Cc2ccc(C#N)cc2)C(=O)O)(c2ccccc2)c2ccccc2)cc1. The minimum absolute atomic E-state index is 0.236. The predicted molar refractivity (Wildman–Crippen MR) is 170 cm³/mol. The first-order valence-electron chi connectivity index (χ1n) is 14.7. The van der Waals surface area contributed by atoms with Crippen LogP contribution in [0.2, 0.25) is 0 Å². The fourth-order valence-electron chi connectivity index (χ4n) is 5.37. The first-order chi connectivity index (χ1) is 21.4. The number of hydrogen-bond acceptors (Lipinski definition) is 6. The zero-order valence-corrected chi connectivity index (χ0v) is 24.8. The molecule has 0 aliphatic heterocycles. The fourth-order valence-corrected chi connectivity index (χ4v) is 5.37. The van der Waals surface area contributed by atoms with Gasteiger partial charge in [-0.25, -0.2) is 4.79 Å². The lowest BCUT2D eigenvalue weighted by atomic mass is 9.77. The summed E-state index contributed by atoms with van der Waals surface area (Å²) >= 11 is 0. The van der Waals surface area contributed by atoms with E-state index in [0.29, 0.717) is 24.9 Å². The zero-order chi connectivity index (χ0) is 31.4. The first-order valence-corrected chi connectivity index (χ1v) is 14.7. The number of ether oxygens (including phenoxy) is 1. The second-order valence-corrected chi connectivity index (χ2v) is 10.7. The summed E-state index contributed by atoms with van der Waals surface area (Å²) in [5.74, 6) is -0.855. The molecule has 0 unspecified atom stereocenters. The second kappa shape index (κ2) is 15.5. The van der Waals surface area contributed by atoms with Gasteiger partial charge in [0.05, 0.1) is 30.3 Å². The van der Waals surface area contributed by atoms with Crippen molar-refractivity contribution >= 4 is 11.9 Å². The van der Waals surface area contributed by atoms with Gasteiger partial charge in [-0.1, -0.05) is 84.9 Å². The maximum Gasteiger partial charge on any atom is 0.326 e. The molecule has 0 aromatic heterocycles. The average Bonchev–Trinajstić information content (AvgIpc) is 3.07. The molecule has 4 aromatic rings. The Morgan fingerprint density at radius 1 is 0.864 bits per heavy atom. The Hall–Kier alpha value is -4.97. The third-order valence-electron chi connectivity index (χ3n) is 7.74. The molecule has 0 heterocycles. The van der Waals surface area contributed by atoms with Crippen molar-refractivity contribution in [1.82, 2.24) is 10.6 Å². The van der Waals surface area contributed by atoms with Crippen molar-refractivity contribution in [2.75, 3.05) is 13.7 Å². The summed E-state index contributed by atoms with van der Waals surface area (Å²) in [6.45, 7) is 0.592. The van der Waals surface area contributed by atoms with Crippen molar-refractivity contribution < 1.29 is 19.4 Å². The van der Waals surface area contributed by atoms with E-state index in [0.717, 1.165) is 28.0 Å². The van der Waals surface area contributed by atoms with Gasteiger partial charge in [-0.2, -0.15) is 5.26 Å². The highest BCUT2D eigenvalue weighted by atomic mass is 16.5. The maximum absolute atomic E-state index is 12.7. The number of carbonyl (C=O) groups excluding carboxylic acids is 1. The number of benzene rings is 4. The molecule has 8 heteroatoms. The summed E-state index contributed by atoms with van der Waals surface area (Å²) in [7, 11) is 1.64. The third-order valence-corrected chi connectivity index (χ3v) is 7.74. The Labute approximate surface area is 258 Å². The van der Waals surface area contributed by atoms with Gasteiger partial charge >= 0.3 is 5.97 Å². The molecule has 4 rings (SSSR count). The second-order valence-electron chi connectivity index (χ2n) is 10.7. The van der Waals surface area contributed by atoms with Crippen molar-refractivity contribution in [2.24, 2.45) is 5.73 Å². The predicted octanol–water partition coefficient (Wildman–Crippen LogP) is 4.76. The van der Waals surface area contributed by atoms with Crippen molar-refractivity contribution in [3.63, 3.8) is 0 Å². The van der Waals surface area contributed by atoms with Crippen LogP contribution < -0.4 is 21.1 Å². The topological polar surface area (TPSA) is 137 Å². The fraction of sp³-hybridized carbons (Fsp3) is 0.250. The summed E-state index contributed by atoms with van der Waals surface area (Å²) in [5.41, 5.74) is 9.93. The van der Waals surface area contributed by atoms with Gasteiger partial charge in [-0.05, 0) is 78.7 Å². The van der Waals surface area contributed by atoms with Crippen LogP contribution >= 0.6 is 0 Å². The van der Waals surface area contributed by atoms with Gasteiger partial charge < -0.3 is 20.9 Å². The van der Waals surface area contributed by atoms with Crippen LogP contribution in [0.3, 0.4) is 0 Å². The van der Waals surface area contributed by atoms with E-state index in [9.17, 15) is 14.7 Å². The summed E-state index contributed by atoms with van der Waals surface area (Å²) in [4.78, 5) is 24.8. The molecule has 0 spiro atoms. The Morgan fingerprint density at radius 3 is 1.95 bits per heavy atom. The van der Waals surface area contributed by atoms with E-state index in [1.165, 1.54) is 0 Å². The Kier molecular flexibility index (Phi) is 11.2. The van der Waals surface area contributed by atoms with E-state index in [2.05, 4.69) is 47.0 Å². The van der Waals surface area contributed by atoms with Crippen LogP contribution in [0.15, 0.2) is 109 Å². The molecule has 0 aliphatic carbocycles. The smallest absolute Gasteiger partial charge is 0.326 e. The van der Waals surface area contributed by atoms with Crippen LogP contribution in [0.25, 0.3) is 0 Å². The van der Waals surface area contributed by atoms with Crippen molar-refractivity contribution in [1.29, 1.82) is 5.26 Å². The molecule has 0 aliphatic rings. The molecule has 8 nitrogen and oxygen atoms in total. The van der Waals surface area contributed by atoms with Gasteiger partial charge in [0.2, 0.25) is 5.91 Å². The van der Waals surface area contributed by atoms with Gasteiger partial charge in [-0.15, -0.1) is 0 Å². The van der Waals surface area contributed by atoms with E-state index >= 15 is 0 Å². The number of methoxy groups -OCH3 is 1. The Bertz CT molecular complexity index is 1500. The normalized spacial score (nSPS) is 12.5. The highest BCUT2D eigenvalue weighted by Gasteiger charge is 2.35. The highest BCUT2D eigenvalue weighted by Crippen LogP contribution is 2.37. The molecule has 0 bridgehead atoms. The summed E-state index contributed by atoms with van der Waals surface area (Å²) in [6.07, 6.45) is 1.74. The van der Waals surface area contributed by atoms with E-state index in [-0.39, 0.29) is 12.8 Å². The molecule has 1 amide bonds. The standard InChI is InChI=1S/C36H38N4O4/c1-44-31-21-19-30(20-22-31)36(28-10-4-2-5-11-28,29-12-6-3-7-13-29)39-23-9-8-14-33(35(42)43)40-34(41)32(38)24-26-15-17-27(25-37)18-16-26/h2-7,10-13,15-22,32-33,39H,8-9,14,23-24,38H2,1H3,(H,40,41)(H,42,43)/t32-,33-/m0/s1. The lowest BCUT2D eigenvalue weighted by Gasteiger charge is -2.37. The highest BCUT2D eigenvalue weighted by molar-refractivity contribution is 5.87. The van der Waals surface area contributed by atoms with E-state index in [1.54, 1.807) is 31.4 Å². The maximum atomic E-state index is 12.7. The number of carboxylic acids is 1. The largest absolute Gasteiger partial charge is 0.497 e. The molecule has 0 saturated carbocycles. The minimum Gasteiger partial charge on any atom is -0.497 e. The lowest BCUT2D eigenvalue weighted by molar-refractivity contribution is -0.142. The monoisotopic (exact) mass is 590 g/mol. The molecule has 0 fully saturated rings. The first kappa shape index (κ1) is 32.0. The van der Waals surface area contributed by atoms with Gasteiger partial charge in [0.15, 0.2) is 0 Å². The number of carboxylic acid groups (broad SMARTS) is 1. The molecule has 2 atom stereocenters. The van der Waals surface area contributed by atoms with E-state index in [4.69, 9.17) is 15.7 Å². The molecule has 44 heavy (non-hydrogen) atoms. The summed E-state index contributed by atoms with van der Waals surface area (Å²) < 4.78 is 5.41. The molecule has 5 N–H and O–H groups in total. The van der Waals surface area contributed by atoms with E-state index in [1.807, 2.05) is 54.6 Å². The quantitative estimate of drug-likeness (QED) is 0.116. The Morgan fingerprint density at radius 2 is 1.43 bits per heavy atom. The van der Waals surface area contributed by atoms with Crippen LogP contribution in [0, 0.1) is 11.3 Å². The van der Waals surface area contributed by atoms with Gasteiger partial charge in [0.1, 0.15) is 11.8 Å². The summed E-state index contributed by atoms with van der Waals surface area (Å²) in [6, 6.07) is 35.3. The van der Waals surface area contributed by atoms with Gasteiger partial charge in [0, 0.05) is 0 Å². The number of nitrogens with one attached hydrogen (secondary N) is 2. The van der Waals surface area contributed by atoms with Gasteiger partial charge in [-0.3, -0.25) is 10.1 Å². The number of rotatable bonds is 15. The molecule has 226 valence electrons. The van der Waals surface area contributed by atoms with Crippen molar-refractivity contribution in [3.8, 4) is 11.8 Å². The van der Waals surface area contributed by atoms with Crippen LogP contribution in [0.5, 0.6) is 5.75 Å². The number of unbranched alkanes of at least 4 members (excludes halogenated alkanes) is 1. The van der Waals surface area contributed by atoms with Crippen LogP contribution in [-0.2, 0) is 21.5 Å². The minimum atomic E-state index is -1.10. The number of aliphatic carboxylic acids is 1. The molecule has 4 aromatic carbocycles. The Balaban J connectivity index is 1.43. The number of hydrogen-bond donors (Lipinski definition) is 4. The van der Waals surface area contributed by atoms with Crippen molar-refractivity contribution in [2.45, 2.75) is 43.3 Å². The zero-order valence-electron chi connectivity index (χ0n) is 24.8. The number of amides is 1. The third kappa shape index (κ3) is 7.90. The molecule has 0 radical (unpaired) electrons. The van der Waals surface area contributed by atoms with Crippen LogP contribution in [0.1, 0.15) is 47.1 Å². The van der Waals surface area contributed by atoms with E-state index < -0.39 is 29.5 Å².